The highest BCUT2D eigenvalue weighted by Crippen LogP contribution is 2.24. The molecule has 3 aromatic rings. The largest absolute Gasteiger partial charge is 0.483 e. The Kier molecular flexibility index (Phi) is 9.09. The molecule has 2 amide bonds. The minimum absolute atomic E-state index is 0.0598. The quantitative estimate of drug-likeness (QED) is 0.408. The summed E-state index contributed by atoms with van der Waals surface area (Å²) in [5.74, 6) is -0.507. The lowest BCUT2D eigenvalue weighted by molar-refractivity contribution is -0.143. The number of amides is 2. The molecular formula is C31H37FN2O3. The van der Waals surface area contributed by atoms with Gasteiger partial charge in [0.1, 0.15) is 17.6 Å². The molecule has 37 heavy (non-hydrogen) atoms. The summed E-state index contributed by atoms with van der Waals surface area (Å²) in [5.41, 5.74) is 3.77. The Labute approximate surface area is 219 Å². The lowest BCUT2D eigenvalue weighted by Crippen LogP contribution is -2.55. The number of carbonyl (C=O) groups is 2. The number of carbonyl (C=O) groups excluding carboxylic acids is 2. The standard InChI is InChI=1S/C31H37FN2O3/c1-21-16-22(2)23(3)28(17-21)37-20-29(35)34(19-25-14-10-11-15-26(25)32)27(30(36)33-31(4,5)6)18-24-12-8-7-9-13-24/h7-17,27H,18-20H2,1-6H3,(H,33,36)/t27-/m0/s1. The van der Waals surface area contributed by atoms with Crippen molar-refractivity contribution in [1.82, 2.24) is 10.2 Å². The molecule has 0 radical (unpaired) electrons. The maximum atomic E-state index is 14.7. The van der Waals surface area contributed by atoms with Gasteiger partial charge in [-0.2, -0.15) is 0 Å². The van der Waals surface area contributed by atoms with Crippen LogP contribution in [0.15, 0.2) is 66.7 Å². The summed E-state index contributed by atoms with van der Waals surface area (Å²) in [7, 11) is 0. The van der Waals surface area contributed by atoms with E-state index >= 15 is 0 Å². The molecule has 1 N–H and O–H groups in total. The molecule has 6 heteroatoms. The molecule has 5 nitrogen and oxygen atoms in total. The molecular weight excluding hydrogens is 467 g/mol. The van der Waals surface area contributed by atoms with E-state index in [2.05, 4.69) is 11.4 Å². The van der Waals surface area contributed by atoms with Gasteiger partial charge in [0, 0.05) is 24.1 Å². The third-order valence-electron chi connectivity index (χ3n) is 6.18. The van der Waals surface area contributed by atoms with Gasteiger partial charge < -0.3 is 15.0 Å². The highest BCUT2D eigenvalue weighted by atomic mass is 19.1. The van der Waals surface area contributed by atoms with Crippen molar-refractivity contribution in [2.45, 2.75) is 66.1 Å². The van der Waals surface area contributed by atoms with Gasteiger partial charge >= 0.3 is 0 Å². The maximum Gasteiger partial charge on any atom is 0.261 e. The Bertz CT molecular complexity index is 1230. The third kappa shape index (κ3) is 7.91. The molecule has 0 aliphatic rings. The topological polar surface area (TPSA) is 58.6 Å². The Balaban J connectivity index is 1.97. The average molecular weight is 505 g/mol. The number of nitrogens with zero attached hydrogens (tertiary/aromatic N) is 1. The van der Waals surface area contributed by atoms with Gasteiger partial charge in [0.05, 0.1) is 0 Å². The van der Waals surface area contributed by atoms with Crippen LogP contribution in [0.2, 0.25) is 0 Å². The monoisotopic (exact) mass is 504 g/mol. The molecule has 0 saturated carbocycles. The van der Waals surface area contributed by atoms with Crippen LogP contribution in [-0.2, 0) is 22.6 Å². The molecule has 0 aliphatic heterocycles. The zero-order valence-electron chi connectivity index (χ0n) is 22.6. The molecule has 0 fully saturated rings. The molecule has 0 saturated heterocycles. The molecule has 3 aromatic carbocycles. The Morgan fingerprint density at radius 3 is 2.27 bits per heavy atom. The highest BCUT2D eigenvalue weighted by molar-refractivity contribution is 5.89. The predicted octanol–water partition coefficient (Wildman–Crippen LogP) is 5.68. The van der Waals surface area contributed by atoms with Crippen molar-refractivity contribution in [2.75, 3.05) is 6.61 Å². The minimum Gasteiger partial charge on any atom is -0.483 e. The summed E-state index contributed by atoms with van der Waals surface area (Å²) < 4.78 is 20.7. The van der Waals surface area contributed by atoms with E-state index < -0.39 is 23.3 Å². The molecule has 0 aromatic heterocycles. The van der Waals surface area contributed by atoms with Crippen LogP contribution in [0.25, 0.3) is 0 Å². The average Bonchev–Trinajstić information content (AvgIpc) is 2.83. The van der Waals surface area contributed by atoms with Gasteiger partial charge in [-0.1, -0.05) is 54.6 Å². The van der Waals surface area contributed by atoms with Crippen LogP contribution >= 0.6 is 0 Å². The second kappa shape index (κ2) is 12.0. The Hall–Kier alpha value is -3.67. The van der Waals surface area contributed by atoms with E-state index in [1.54, 1.807) is 18.2 Å². The van der Waals surface area contributed by atoms with E-state index in [1.807, 2.05) is 77.9 Å². The number of hydrogen-bond donors (Lipinski definition) is 1. The lowest BCUT2D eigenvalue weighted by Gasteiger charge is -2.34. The normalized spacial score (nSPS) is 12.1. The van der Waals surface area contributed by atoms with Crippen LogP contribution in [0, 0.1) is 26.6 Å². The molecule has 0 spiro atoms. The summed E-state index contributed by atoms with van der Waals surface area (Å²) in [6.45, 7) is 11.2. The van der Waals surface area contributed by atoms with E-state index in [1.165, 1.54) is 11.0 Å². The lowest BCUT2D eigenvalue weighted by atomic mass is 10.0. The van der Waals surface area contributed by atoms with E-state index in [0.717, 1.165) is 22.3 Å². The second-order valence-electron chi connectivity index (χ2n) is 10.6. The smallest absolute Gasteiger partial charge is 0.261 e. The van der Waals surface area contributed by atoms with Crippen molar-refractivity contribution in [3.05, 3.63) is 100 Å². The van der Waals surface area contributed by atoms with Gasteiger partial charge in [-0.25, -0.2) is 4.39 Å². The Morgan fingerprint density at radius 2 is 1.62 bits per heavy atom. The fourth-order valence-electron chi connectivity index (χ4n) is 4.19. The summed E-state index contributed by atoms with van der Waals surface area (Å²) in [5, 5.41) is 3.01. The SMILES string of the molecule is Cc1cc(C)c(C)c(OCC(=O)N(Cc2ccccc2F)[C@@H](Cc2ccccc2)C(=O)NC(C)(C)C)c1. The van der Waals surface area contributed by atoms with Gasteiger partial charge in [-0.15, -0.1) is 0 Å². The van der Waals surface area contributed by atoms with Crippen molar-refractivity contribution >= 4 is 11.8 Å². The first-order valence-electron chi connectivity index (χ1n) is 12.5. The van der Waals surface area contributed by atoms with E-state index in [-0.39, 0.29) is 25.5 Å². The molecule has 3 rings (SSSR count). The zero-order chi connectivity index (χ0) is 27.2. The number of halogens is 1. The van der Waals surface area contributed by atoms with E-state index in [9.17, 15) is 14.0 Å². The number of rotatable bonds is 9. The number of hydrogen-bond acceptors (Lipinski definition) is 3. The van der Waals surface area contributed by atoms with Crippen LogP contribution in [0.5, 0.6) is 5.75 Å². The van der Waals surface area contributed by atoms with Gasteiger partial charge in [0.25, 0.3) is 5.91 Å². The van der Waals surface area contributed by atoms with Crippen molar-refractivity contribution in [1.29, 1.82) is 0 Å². The van der Waals surface area contributed by atoms with Crippen molar-refractivity contribution in [2.24, 2.45) is 0 Å². The maximum absolute atomic E-state index is 14.7. The number of benzene rings is 3. The summed E-state index contributed by atoms with van der Waals surface area (Å²) >= 11 is 0. The molecule has 0 heterocycles. The number of aryl methyl sites for hydroxylation is 2. The van der Waals surface area contributed by atoms with Crippen molar-refractivity contribution in [3.63, 3.8) is 0 Å². The predicted molar refractivity (Wildman–Crippen MR) is 145 cm³/mol. The zero-order valence-corrected chi connectivity index (χ0v) is 22.6. The van der Waals surface area contributed by atoms with Crippen LogP contribution in [0.4, 0.5) is 4.39 Å². The first-order chi connectivity index (χ1) is 17.4. The first kappa shape index (κ1) is 27.9. The van der Waals surface area contributed by atoms with Gasteiger partial charge in [-0.3, -0.25) is 9.59 Å². The van der Waals surface area contributed by atoms with E-state index in [4.69, 9.17) is 4.74 Å². The van der Waals surface area contributed by atoms with E-state index in [0.29, 0.717) is 11.3 Å². The fourth-order valence-corrected chi connectivity index (χ4v) is 4.19. The van der Waals surface area contributed by atoms with Crippen LogP contribution < -0.4 is 10.1 Å². The van der Waals surface area contributed by atoms with Crippen molar-refractivity contribution in [3.8, 4) is 5.75 Å². The summed E-state index contributed by atoms with van der Waals surface area (Å²) in [6, 6.07) is 18.9. The van der Waals surface area contributed by atoms with Crippen LogP contribution in [0.1, 0.15) is 48.6 Å². The van der Waals surface area contributed by atoms with Gasteiger partial charge in [0.15, 0.2) is 6.61 Å². The fraction of sp³-hybridized carbons (Fsp3) is 0.355. The van der Waals surface area contributed by atoms with Gasteiger partial charge in [0.2, 0.25) is 5.91 Å². The van der Waals surface area contributed by atoms with Crippen molar-refractivity contribution < 1.29 is 18.7 Å². The Morgan fingerprint density at radius 1 is 0.973 bits per heavy atom. The van der Waals surface area contributed by atoms with Gasteiger partial charge in [-0.05, 0) is 75.9 Å². The first-order valence-corrected chi connectivity index (χ1v) is 12.5. The molecule has 0 bridgehead atoms. The van der Waals surface area contributed by atoms with Crippen LogP contribution in [-0.4, -0.2) is 34.9 Å². The second-order valence-corrected chi connectivity index (χ2v) is 10.6. The molecule has 196 valence electrons. The van der Waals surface area contributed by atoms with Crippen LogP contribution in [0.3, 0.4) is 0 Å². The number of ether oxygens (including phenoxy) is 1. The summed E-state index contributed by atoms with van der Waals surface area (Å²) in [6.07, 6.45) is 0.283. The summed E-state index contributed by atoms with van der Waals surface area (Å²) in [4.78, 5) is 28.7. The third-order valence-corrected chi connectivity index (χ3v) is 6.18. The molecule has 1 atom stereocenters. The minimum atomic E-state index is -0.863. The highest BCUT2D eigenvalue weighted by Gasteiger charge is 2.33. The molecule has 0 unspecified atom stereocenters. The molecule has 0 aliphatic carbocycles. The number of nitrogens with one attached hydrogen (secondary N) is 1.